The number of halogens is 1. The summed E-state index contributed by atoms with van der Waals surface area (Å²) in [6, 6.07) is 7.45. The van der Waals surface area contributed by atoms with Crippen LogP contribution in [0, 0.1) is 11.8 Å². The van der Waals surface area contributed by atoms with Crippen molar-refractivity contribution in [2.45, 2.75) is 19.8 Å². The molecule has 4 nitrogen and oxygen atoms in total. The molecule has 0 saturated heterocycles. The first-order valence-electron chi connectivity index (χ1n) is 6.35. The van der Waals surface area contributed by atoms with Gasteiger partial charge in [-0.2, -0.15) is 0 Å². The van der Waals surface area contributed by atoms with Crippen LogP contribution in [0.25, 0.3) is 0 Å². The maximum absolute atomic E-state index is 11.5. The Balaban J connectivity index is 2.27. The van der Waals surface area contributed by atoms with Gasteiger partial charge in [0.15, 0.2) is 0 Å². The zero-order chi connectivity index (χ0) is 14.8. The molecule has 0 amide bonds. The van der Waals surface area contributed by atoms with E-state index in [0.717, 1.165) is 16.6 Å². The fraction of sp³-hybridized carbons (Fsp3) is 0.429. The Morgan fingerprint density at radius 1 is 1.35 bits per heavy atom. The highest BCUT2D eigenvalue weighted by atomic mass is 79.9. The zero-order valence-corrected chi connectivity index (χ0v) is 13.8. The first-order chi connectivity index (χ1) is 9.53. The SMILES string of the molecule is CCCCS(=O)(=O)NCC#CCOc1cccc(Br)c1. The van der Waals surface area contributed by atoms with Gasteiger partial charge in [-0.1, -0.05) is 47.2 Å². The number of unbranched alkanes of at least 4 members (excludes halogenated alkanes) is 1. The van der Waals surface area contributed by atoms with Crippen LogP contribution in [-0.4, -0.2) is 27.3 Å². The monoisotopic (exact) mass is 359 g/mol. The molecule has 0 aliphatic rings. The summed E-state index contributed by atoms with van der Waals surface area (Å²) >= 11 is 3.35. The molecule has 110 valence electrons. The van der Waals surface area contributed by atoms with Gasteiger partial charge < -0.3 is 4.74 Å². The van der Waals surface area contributed by atoms with E-state index in [1.807, 2.05) is 31.2 Å². The third-order valence-corrected chi connectivity index (χ3v) is 4.28. The molecule has 0 radical (unpaired) electrons. The molecule has 1 N–H and O–H groups in total. The van der Waals surface area contributed by atoms with E-state index in [1.165, 1.54) is 0 Å². The third-order valence-electron chi connectivity index (χ3n) is 2.38. The molecule has 0 saturated carbocycles. The van der Waals surface area contributed by atoms with Crippen molar-refractivity contribution in [3.8, 4) is 17.6 Å². The smallest absolute Gasteiger partial charge is 0.212 e. The van der Waals surface area contributed by atoms with Crippen LogP contribution in [0.5, 0.6) is 5.75 Å². The summed E-state index contributed by atoms with van der Waals surface area (Å²) in [5.74, 6) is 6.37. The number of hydrogen-bond acceptors (Lipinski definition) is 3. The first kappa shape index (κ1) is 17.0. The van der Waals surface area contributed by atoms with Crippen LogP contribution in [0.15, 0.2) is 28.7 Å². The molecular formula is C14H18BrNO3S. The van der Waals surface area contributed by atoms with Gasteiger partial charge in [0.2, 0.25) is 10.0 Å². The lowest BCUT2D eigenvalue weighted by Crippen LogP contribution is -2.26. The average molecular weight is 360 g/mol. The number of rotatable bonds is 7. The molecule has 6 heteroatoms. The second-order valence-electron chi connectivity index (χ2n) is 4.09. The quantitative estimate of drug-likeness (QED) is 0.761. The third kappa shape index (κ3) is 7.53. The molecule has 1 aromatic rings. The van der Waals surface area contributed by atoms with E-state index in [2.05, 4.69) is 32.5 Å². The minimum Gasteiger partial charge on any atom is -0.481 e. The Kier molecular flexibility index (Phi) is 7.67. The van der Waals surface area contributed by atoms with Crippen LogP contribution < -0.4 is 9.46 Å². The first-order valence-corrected chi connectivity index (χ1v) is 8.79. The summed E-state index contributed by atoms with van der Waals surface area (Å²) in [5, 5.41) is 0. The van der Waals surface area contributed by atoms with Gasteiger partial charge in [-0.25, -0.2) is 13.1 Å². The highest BCUT2D eigenvalue weighted by Crippen LogP contribution is 2.17. The summed E-state index contributed by atoms with van der Waals surface area (Å²) in [5.41, 5.74) is 0. The lowest BCUT2D eigenvalue weighted by atomic mass is 10.3. The summed E-state index contributed by atoms with van der Waals surface area (Å²) in [6.45, 7) is 2.30. The standard InChI is InChI=1S/C14H18BrNO3S/c1-2-3-11-20(17,18)16-9-4-5-10-19-14-8-6-7-13(15)12-14/h6-8,12,16H,2-3,9-11H2,1H3. The number of ether oxygens (including phenoxy) is 1. The Labute approximate surface area is 129 Å². The molecular weight excluding hydrogens is 342 g/mol. The summed E-state index contributed by atoms with van der Waals surface area (Å²) in [6.07, 6.45) is 1.52. The van der Waals surface area contributed by atoms with Crippen molar-refractivity contribution < 1.29 is 13.2 Å². The van der Waals surface area contributed by atoms with E-state index in [4.69, 9.17) is 4.74 Å². The second-order valence-corrected chi connectivity index (χ2v) is 6.94. The van der Waals surface area contributed by atoms with Gasteiger partial charge in [0.05, 0.1) is 12.3 Å². The van der Waals surface area contributed by atoms with Gasteiger partial charge in [-0.15, -0.1) is 0 Å². The van der Waals surface area contributed by atoms with Crippen molar-refractivity contribution >= 4 is 26.0 Å². The Morgan fingerprint density at radius 3 is 2.85 bits per heavy atom. The minimum atomic E-state index is -3.19. The van der Waals surface area contributed by atoms with Gasteiger partial charge in [-0.3, -0.25) is 0 Å². The van der Waals surface area contributed by atoms with E-state index in [0.29, 0.717) is 6.42 Å². The van der Waals surface area contributed by atoms with E-state index >= 15 is 0 Å². The lowest BCUT2D eigenvalue weighted by molar-refractivity contribution is 0.370. The number of benzene rings is 1. The van der Waals surface area contributed by atoms with Gasteiger partial charge in [0.25, 0.3) is 0 Å². The highest BCUT2D eigenvalue weighted by molar-refractivity contribution is 9.10. The molecule has 1 aromatic carbocycles. The zero-order valence-electron chi connectivity index (χ0n) is 11.4. The van der Waals surface area contributed by atoms with Crippen molar-refractivity contribution in [2.24, 2.45) is 0 Å². The number of hydrogen-bond donors (Lipinski definition) is 1. The maximum Gasteiger partial charge on any atom is 0.212 e. The van der Waals surface area contributed by atoms with Gasteiger partial charge in [0, 0.05) is 4.47 Å². The summed E-state index contributed by atoms with van der Waals surface area (Å²) < 4.78 is 31.7. The molecule has 0 fully saturated rings. The van der Waals surface area contributed by atoms with Crippen molar-refractivity contribution in [3.63, 3.8) is 0 Å². The van der Waals surface area contributed by atoms with Crippen LogP contribution in [0.2, 0.25) is 0 Å². The maximum atomic E-state index is 11.5. The largest absolute Gasteiger partial charge is 0.481 e. The Hall–Kier alpha value is -1.03. The number of nitrogens with one attached hydrogen (secondary N) is 1. The van der Waals surface area contributed by atoms with E-state index < -0.39 is 10.0 Å². The van der Waals surface area contributed by atoms with Crippen LogP contribution in [0.1, 0.15) is 19.8 Å². The topological polar surface area (TPSA) is 55.4 Å². The Bertz CT molecular complexity index is 576. The van der Waals surface area contributed by atoms with Crippen molar-refractivity contribution in [1.82, 2.24) is 4.72 Å². The molecule has 0 heterocycles. The Morgan fingerprint density at radius 2 is 2.15 bits per heavy atom. The normalized spacial score (nSPS) is 10.7. The van der Waals surface area contributed by atoms with Gasteiger partial charge in [-0.05, 0) is 24.6 Å². The van der Waals surface area contributed by atoms with E-state index in [9.17, 15) is 8.42 Å². The summed E-state index contributed by atoms with van der Waals surface area (Å²) in [7, 11) is -3.19. The number of sulfonamides is 1. The molecule has 0 aliphatic heterocycles. The fourth-order valence-electron chi connectivity index (χ4n) is 1.34. The molecule has 0 spiro atoms. The van der Waals surface area contributed by atoms with Crippen LogP contribution in [0.4, 0.5) is 0 Å². The van der Waals surface area contributed by atoms with E-state index in [1.54, 1.807) is 0 Å². The van der Waals surface area contributed by atoms with Crippen molar-refractivity contribution in [1.29, 1.82) is 0 Å². The van der Waals surface area contributed by atoms with Crippen LogP contribution in [-0.2, 0) is 10.0 Å². The summed E-state index contributed by atoms with van der Waals surface area (Å²) in [4.78, 5) is 0. The molecule has 20 heavy (non-hydrogen) atoms. The van der Waals surface area contributed by atoms with Crippen molar-refractivity contribution in [3.05, 3.63) is 28.7 Å². The predicted molar refractivity (Wildman–Crippen MR) is 84.1 cm³/mol. The minimum absolute atomic E-state index is 0.119. The van der Waals surface area contributed by atoms with Gasteiger partial charge in [0.1, 0.15) is 12.4 Å². The average Bonchev–Trinajstić information content (AvgIpc) is 2.40. The second kappa shape index (κ2) is 9.01. The van der Waals surface area contributed by atoms with E-state index in [-0.39, 0.29) is 18.9 Å². The van der Waals surface area contributed by atoms with Crippen molar-refractivity contribution in [2.75, 3.05) is 18.9 Å². The predicted octanol–water partition coefficient (Wildman–Crippen LogP) is 2.55. The molecule has 0 unspecified atom stereocenters. The van der Waals surface area contributed by atoms with Crippen LogP contribution >= 0.6 is 15.9 Å². The molecule has 0 aromatic heterocycles. The van der Waals surface area contributed by atoms with Crippen LogP contribution in [0.3, 0.4) is 0 Å². The fourth-order valence-corrected chi connectivity index (χ4v) is 2.83. The highest BCUT2D eigenvalue weighted by Gasteiger charge is 2.06. The lowest BCUT2D eigenvalue weighted by Gasteiger charge is -2.02. The molecule has 1 rings (SSSR count). The molecule has 0 bridgehead atoms. The molecule has 0 aliphatic carbocycles. The van der Waals surface area contributed by atoms with Gasteiger partial charge >= 0.3 is 0 Å². The molecule has 0 atom stereocenters.